The fraction of sp³-hybridized carbons (Fsp3) is 0.533. The molecule has 0 radical (unpaired) electrons. The van der Waals surface area contributed by atoms with Gasteiger partial charge in [0.2, 0.25) is 5.91 Å². The highest BCUT2D eigenvalue weighted by molar-refractivity contribution is 6.30. The number of nitrogens with zero attached hydrogens (tertiary/aromatic N) is 1. The minimum atomic E-state index is 0. The van der Waals surface area contributed by atoms with Gasteiger partial charge in [-0.3, -0.25) is 4.79 Å². The summed E-state index contributed by atoms with van der Waals surface area (Å²) in [6.45, 7) is 3.70. The highest BCUT2D eigenvalue weighted by atomic mass is 35.5. The number of carbonyl (C=O) groups excluding carboxylic acids is 1. The molecule has 1 heterocycles. The quantitative estimate of drug-likeness (QED) is 0.840. The van der Waals surface area contributed by atoms with E-state index in [2.05, 4.69) is 10.2 Å². The minimum Gasteiger partial charge on any atom is -0.369 e. The number of rotatable bonds is 5. The molecular weight excluding hydrogens is 345 g/mol. The second kappa shape index (κ2) is 10.2. The first kappa shape index (κ1) is 21.3. The zero-order valence-electron chi connectivity index (χ0n) is 12.6. The van der Waals surface area contributed by atoms with Crippen LogP contribution in [-0.2, 0) is 4.79 Å². The van der Waals surface area contributed by atoms with E-state index in [-0.39, 0.29) is 42.8 Å². The van der Waals surface area contributed by atoms with E-state index in [0.29, 0.717) is 6.42 Å². The van der Waals surface area contributed by atoms with Gasteiger partial charge < -0.3 is 16.0 Å². The van der Waals surface area contributed by atoms with E-state index in [9.17, 15) is 4.79 Å². The number of hydrogen-bond donors (Lipinski definition) is 2. The number of amides is 1. The van der Waals surface area contributed by atoms with Gasteiger partial charge in [0.1, 0.15) is 0 Å². The summed E-state index contributed by atoms with van der Waals surface area (Å²) < 4.78 is 0. The minimum absolute atomic E-state index is 0. The molecule has 0 bridgehead atoms. The molecule has 3 N–H and O–H groups in total. The van der Waals surface area contributed by atoms with Gasteiger partial charge >= 0.3 is 0 Å². The van der Waals surface area contributed by atoms with Gasteiger partial charge in [-0.2, -0.15) is 0 Å². The van der Waals surface area contributed by atoms with Crippen molar-refractivity contribution in [3.63, 3.8) is 0 Å². The Morgan fingerprint density at radius 2 is 2.23 bits per heavy atom. The van der Waals surface area contributed by atoms with E-state index < -0.39 is 0 Å². The highest BCUT2D eigenvalue weighted by Gasteiger charge is 2.24. The predicted octanol–water partition coefficient (Wildman–Crippen LogP) is 3.01. The van der Waals surface area contributed by atoms with Crippen LogP contribution in [0.4, 0.5) is 5.69 Å². The molecule has 1 saturated heterocycles. The summed E-state index contributed by atoms with van der Waals surface area (Å²) in [5, 5.41) is 3.82. The zero-order valence-corrected chi connectivity index (χ0v) is 15.0. The van der Waals surface area contributed by atoms with E-state index in [4.69, 9.17) is 17.3 Å². The third-order valence-corrected chi connectivity index (χ3v) is 3.79. The van der Waals surface area contributed by atoms with E-state index in [0.717, 1.165) is 36.6 Å². The van der Waals surface area contributed by atoms with E-state index in [1.165, 1.54) is 0 Å². The van der Waals surface area contributed by atoms with Crippen LogP contribution in [0.25, 0.3) is 0 Å². The van der Waals surface area contributed by atoms with E-state index >= 15 is 0 Å². The maximum Gasteiger partial charge on any atom is 0.220 e. The van der Waals surface area contributed by atoms with Crippen LogP contribution in [-0.4, -0.2) is 31.1 Å². The largest absolute Gasteiger partial charge is 0.369 e. The summed E-state index contributed by atoms with van der Waals surface area (Å²) in [5.41, 5.74) is 6.78. The molecule has 7 heteroatoms. The van der Waals surface area contributed by atoms with Crippen molar-refractivity contribution >= 4 is 48.0 Å². The van der Waals surface area contributed by atoms with Gasteiger partial charge in [-0.1, -0.05) is 17.7 Å². The van der Waals surface area contributed by atoms with Crippen molar-refractivity contribution in [2.45, 2.75) is 38.3 Å². The Kier molecular flexibility index (Phi) is 9.85. The standard InChI is InChI=1S/C15H22ClN3O.2ClH/c1-11(17)5-6-15(20)18-13-7-8-19(10-13)14-4-2-3-12(16)9-14;;/h2-4,9,11,13H,5-8,10,17H2,1H3,(H,18,20);2*1H. The molecule has 1 fully saturated rings. The lowest BCUT2D eigenvalue weighted by Crippen LogP contribution is -2.37. The van der Waals surface area contributed by atoms with Gasteiger partial charge in [0.25, 0.3) is 0 Å². The number of hydrogen-bond acceptors (Lipinski definition) is 3. The monoisotopic (exact) mass is 367 g/mol. The average molecular weight is 369 g/mol. The molecule has 0 spiro atoms. The lowest BCUT2D eigenvalue weighted by atomic mass is 10.2. The number of halogens is 3. The molecular formula is C15H24Cl3N3O. The molecule has 0 saturated carbocycles. The molecule has 126 valence electrons. The fourth-order valence-electron chi connectivity index (χ4n) is 2.44. The van der Waals surface area contributed by atoms with E-state index in [1.807, 2.05) is 31.2 Å². The predicted molar refractivity (Wildman–Crippen MR) is 97.6 cm³/mol. The molecule has 1 amide bonds. The van der Waals surface area contributed by atoms with Gasteiger partial charge in [-0.05, 0) is 38.0 Å². The molecule has 1 aliphatic rings. The Hall–Kier alpha value is -0.680. The van der Waals surface area contributed by atoms with Crippen molar-refractivity contribution in [3.05, 3.63) is 29.3 Å². The van der Waals surface area contributed by atoms with Gasteiger partial charge in [0.15, 0.2) is 0 Å². The van der Waals surface area contributed by atoms with Crippen molar-refractivity contribution in [1.82, 2.24) is 5.32 Å². The maximum atomic E-state index is 11.8. The zero-order chi connectivity index (χ0) is 14.5. The summed E-state index contributed by atoms with van der Waals surface area (Å²) in [4.78, 5) is 14.0. The van der Waals surface area contributed by atoms with Gasteiger partial charge in [0, 0.05) is 42.3 Å². The van der Waals surface area contributed by atoms with Crippen molar-refractivity contribution in [3.8, 4) is 0 Å². The van der Waals surface area contributed by atoms with Crippen LogP contribution in [0.1, 0.15) is 26.2 Å². The Bertz CT molecular complexity index is 471. The SMILES string of the molecule is CC(N)CCC(=O)NC1CCN(c2cccc(Cl)c2)C1.Cl.Cl. The molecule has 1 aromatic carbocycles. The van der Waals surface area contributed by atoms with Crippen LogP contribution in [0.3, 0.4) is 0 Å². The van der Waals surface area contributed by atoms with Crippen LogP contribution in [0.15, 0.2) is 24.3 Å². The molecule has 2 atom stereocenters. The maximum absolute atomic E-state index is 11.8. The Labute approximate surface area is 149 Å². The molecule has 0 aliphatic carbocycles. The lowest BCUT2D eigenvalue weighted by Gasteiger charge is -2.19. The van der Waals surface area contributed by atoms with Gasteiger partial charge in [-0.15, -0.1) is 24.8 Å². The first-order valence-electron chi connectivity index (χ1n) is 7.10. The van der Waals surface area contributed by atoms with Crippen LogP contribution >= 0.6 is 36.4 Å². The lowest BCUT2D eigenvalue weighted by molar-refractivity contribution is -0.121. The topological polar surface area (TPSA) is 58.4 Å². The first-order valence-corrected chi connectivity index (χ1v) is 7.48. The molecule has 22 heavy (non-hydrogen) atoms. The molecule has 2 unspecified atom stereocenters. The average Bonchev–Trinajstić information content (AvgIpc) is 2.85. The molecule has 1 aromatic rings. The summed E-state index contributed by atoms with van der Waals surface area (Å²) in [5.74, 6) is 0.0974. The molecule has 1 aliphatic heterocycles. The third-order valence-electron chi connectivity index (χ3n) is 3.55. The van der Waals surface area contributed by atoms with Gasteiger partial charge in [0.05, 0.1) is 0 Å². The number of benzene rings is 1. The smallest absolute Gasteiger partial charge is 0.220 e. The Morgan fingerprint density at radius 1 is 1.50 bits per heavy atom. The Morgan fingerprint density at radius 3 is 2.86 bits per heavy atom. The summed E-state index contributed by atoms with van der Waals surface area (Å²) in [7, 11) is 0. The van der Waals surface area contributed by atoms with Crippen LogP contribution in [0, 0.1) is 0 Å². The van der Waals surface area contributed by atoms with Crippen molar-refractivity contribution in [1.29, 1.82) is 0 Å². The number of nitrogens with two attached hydrogens (primary N) is 1. The number of nitrogens with one attached hydrogen (secondary N) is 1. The van der Waals surface area contributed by atoms with Crippen LogP contribution < -0.4 is 16.0 Å². The fourth-order valence-corrected chi connectivity index (χ4v) is 2.63. The van der Waals surface area contributed by atoms with Crippen LogP contribution in [0.5, 0.6) is 0 Å². The Balaban J connectivity index is 0.00000220. The number of anilines is 1. The summed E-state index contributed by atoms with van der Waals surface area (Å²) >= 11 is 6.01. The highest BCUT2D eigenvalue weighted by Crippen LogP contribution is 2.23. The van der Waals surface area contributed by atoms with Crippen molar-refractivity contribution in [2.75, 3.05) is 18.0 Å². The summed E-state index contributed by atoms with van der Waals surface area (Å²) in [6.07, 6.45) is 2.21. The van der Waals surface area contributed by atoms with Gasteiger partial charge in [-0.25, -0.2) is 0 Å². The molecule has 2 rings (SSSR count). The second-order valence-corrected chi connectivity index (χ2v) is 5.93. The normalized spacial score (nSPS) is 18.1. The van der Waals surface area contributed by atoms with Crippen molar-refractivity contribution in [2.24, 2.45) is 5.73 Å². The van der Waals surface area contributed by atoms with E-state index in [1.54, 1.807) is 0 Å². The molecule has 0 aromatic heterocycles. The van der Waals surface area contributed by atoms with Crippen LogP contribution in [0.2, 0.25) is 5.02 Å². The molecule has 4 nitrogen and oxygen atoms in total. The van der Waals surface area contributed by atoms with Crippen molar-refractivity contribution < 1.29 is 4.79 Å². The second-order valence-electron chi connectivity index (χ2n) is 5.49. The number of carbonyl (C=O) groups is 1. The first-order chi connectivity index (χ1) is 9.54. The third kappa shape index (κ3) is 6.61. The summed E-state index contributed by atoms with van der Waals surface area (Å²) in [6, 6.07) is 8.12.